The van der Waals surface area contributed by atoms with E-state index in [1.165, 1.54) is 26.0 Å². The van der Waals surface area contributed by atoms with Gasteiger partial charge in [0.15, 0.2) is 12.1 Å². The summed E-state index contributed by atoms with van der Waals surface area (Å²) in [5, 5.41) is 9.96. The van der Waals surface area contributed by atoms with Gasteiger partial charge in [-0.2, -0.15) is 4.72 Å². The van der Waals surface area contributed by atoms with Crippen molar-refractivity contribution in [1.29, 1.82) is 0 Å². The van der Waals surface area contributed by atoms with Crippen LogP contribution in [0.5, 0.6) is 0 Å². The average Bonchev–Trinajstić information content (AvgIpc) is 2.53. The van der Waals surface area contributed by atoms with Crippen LogP contribution in [0.3, 0.4) is 0 Å². The van der Waals surface area contributed by atoms with Gasteiger partial charge in [-0.05, 0) is 32.9 Å². The first-order chi connectivity index (χ1) is 11.2. The summed E-state index contributed by atoms with van der Waals surface area (Å²) in [5.41, 5.74) is 0.849. The number of aliphatic hydroxyl groups is 1. The van der Waals surface area contributed by atoms with E-state index in [1.54, 1.807) is 19.1 Å². The lowest BCUT2D eigenvalue weighted by molar-refractivity contribution is -0.162. The Balaban J connectivity index is 3.08. The fraction of sp³-hybridized carbons (Fsp3) is 0.467. The third-order valence-corrected chi connectivity index (χ3v) is 4.45. The molecule has 1 aromatic carbocycles. The fourth-order valence-electron chi connectivity index (χ4n) is 1.79. The molecule has 0 aromatic heterocycles. The molecule has 0 aliphatic heterocycles. The molecule has 0 unspecified atom stereocenters. The van der Waals surface area contributed by atoms with E-state index in [-0.39, 0.29) is 18.1 Å². The van der Waals surface area contributed by atoms with Crippen LogP contribution in [0, 0.1) is 6.92 Å². The lowest BCUT2D eigenvalue weighted by Gasteiger charge is -2.21. The van der Waals surface area contributed by atoms with E-state index in [0.717, 1.165) is 5.56 Å². The second-order valence-electron chi connectivity index (χ2n) is 4.86. The number of ether oxygens (including phenoxy) is 2. The molecule has 8 nitrogen and oxygen atoms in total. The standard InChI is InChI=1S/C15H21NO7S/c1-4-22-14(18)12(13(17)15(19)23-5-2)16-24(20,21)11-8-6-10(3)7-9-11/h6-9,12-13,16-17H,4-5H2,1-3H3/t12-,13+/m0/s1. The van der Waals surface area contributed by atoms with Gasteiger partial charge in [0.2, 0.25) is 10.0 Å². The van der Waals surface area contributed by atoms with Crippen LogP contribution < -0.4 is 4.72 Å². The second-order valence-corrected chi connectivity index (χ2v) is 6.57. The van der Waals surface area contributed by atoms with Crippen molar-refractivity contribution in [2.24, 2.45) is 0 Å². The highest BCUT2D eigenvalue weighted by Crippen LogP contribution is 2.12. The van der Waals surface area contributed by atoms with Crippen molar-refractivity contribution in [3.05, 3.63) is 29.8 Å². The van der Waals surface area contributed by atoms with Crippen molar-refractivity contribution >= 4 is 22.0 Å². The van der Waals surface area contributed by atoms with Crippen LogP contribution in [0.2, 0.25) is 0 Å². The largest absolute Gasteiger partial charge is 0.465 e. The van der Waals surface area contributed by atoms with E-state index in [9.17, 15) is 23.1 Å². The zero-order chi connectivity index (χ0) is 18.3. The molecule has 1 aromatic rings. The molecule has 1 rings (SSSR count). The SMILES string of the molecule is CCOC(=O)[C@@H](NS(=O)(=O)c1ccc(C)cc1)[C@@H](O)C(=O)OCC. The Bertz CT molecular complexity index is 670. The molecule has 0 saturated carbocycles. The van der Waals surface area contributed by atoms with Gasteiger partial charge in [0.1, 0.15) is 0 Å². The number of esters is 2. The highest BCUT2D eigenvalue weighted by Gasteiger charge is 2.38. The Morgan fingerprint density at radius 1 is 1.08 bits per heavy atom. The summed E-state index contributed by atoms with van der Waals surface area (Å²) in [6, 6.07) is 4.04. The number of aryl methyl sites for hydroxylation is 1. The van der Waals surface area contributed by atoms with Crippen molar-refractivity contribution in [3.8, 4) is 0 Å². The average molecular weight is 359 g/mol. The van der Waals surface area contributed by atoms with Crippen LogP contribution >= 0.6 is 0 Å². The van der Waals surface area contributed by atoms with Gasteiger partial charge >= 0.3 is 11.9 Å². The third-order valence-electron chi connectivity index (χ3n) is 3.00. The summed E-state index contributed by atoms with van der Waals surface area (Å²) >= 11 is 0. The zero-order valence-electron chi connectivity index (χ0n) is 13.7. The first kappa shape index (κ1) is 20.1. The van der Waals surface area contributed by atoms with Crippen molar-refractivity contribution in [2.75, 3.05) is 13.2 Å². The summed E-state index contributed by atoms with van der Waals surface area (Å²) < 4.78 is 36.1. The van der Waals surface area contributed by atoms with Crippen LogP contribution in [-0.4, -0.2) is 50.8 Å². The highest BCUT2D eigenvalue weighted by molar-refractivity contribution is 7.89. The number of carbonyl (C=O) groups is 2. The van der Waals surface area contributed by atoms with Gasteiger partial charge in [-0.15, -0.1) is 0 Å². The van der Waals surface area contributed by atoms with Crippen LogP contribution in [0.1, 0.15) is 19.4 Å². The van der Waals surface area contributed by atoms with Gasteiger partial charge in [0.25, 0.3) is 0 Å². The third kappa shape index (κ3) is 5.29. The van der Waals surface area contributed by atoms with Crippen LogP contribution in [0.25, 0.3) is 0 Å². The minimum absolute atomic E-state index is 0.0316. The normalized spacial score (nSPS) is 13.8. The second kappa shape index (κ2) is 8.76. The number of sulfonamides is 1. The predicted octanol–water partition coefficient (Wildman–Crippen LogP) is 0.129. The molecule has 2 N–H and O–H groups in total. The molecule has 0 aliphatic rings. The van der Waals surface area contributed by atoms with Gasteiger partial charge in [-0.1, -0.05) is 17.7 Å². The van der Waals surface area contributed by atoms with Crippen LogP contribution in [0.15, 0.2) is 29.2 Å². The summed E-state index contributed by atoms with van der Waals surface area (Å²) in [4.78, 5) is 23.5. The van der Waals surface area contributed by atoms with Crippen molar-refractivity contribution in [3.63, 3.8) is 0 Å². The molecular weight excluding hydrogens is 338 g/mol. The molecule has 0 bridgehead atoms. The number of hydrogen-bond donors (Lipinski definition) is 2. The lowest BCUT2D eigenvalue weighted by atomic mass is 10.2. The number of nitrogens with one attached hydrogen (secondary N) is 1. The maximum absolute atomic E-state index is 12.4. The maximum Gasteiger partial charge on any atom is 0.337 e. The molecular formula is C15H21NO7S. The van der Waals surface area contributed by atoms with Gasteiger partial charge in [-0.25, -0.2) is 13.2 Å². The number of rotatable bonds is 8. The van der Waals surface area contributed by atoms with Gasteiger partial charge in [0.05, 0.1) is 18.1 Å². The van der Waals surface area contributed by atoms with Crippen molar-refractivity contribution in [2.45, 2.75) is 37.8 Å². The van der Waals surface area contributed by atoms with E-state index in [1.807, 2.05) is 4.72 Å². The molecule has 0 saturated heterocycles. The first-order valence-electron chi connectivity index (χ1n) is 7.33. The maximum atomic E-state index is 12.4. The lowest BCUT2D eigenvalue weighted by Crippen LogP contribution is -2.52. The van der Waals surface area contributed by atoms with Gasteiger partial charge in [-0.3, -0.25) is 4.79 Å². The molecule has 9 heteroatoms. The first-order valence-corrected chi connectivity index (χ1v) is 8.81. The molecule has 0 heterocycles. The van der Waals surface area contributed by atoms with Crippen molar-refractivity contribution < 1.29 is 32.6 Å². The molecule has 2 atom stereocenters. The Labute approximate surface area is 140 Å². The Morgan fingerprint density at radius 2 is 1.58 bits per heavy atom. The molecule has 0 radical (unpaired) electrons. The predicted molar refractivity (Wildman–Crippen MR) is 84.6 cm³/mol. The quantitative estimate of drug-likeness (QED) is 0.633. The van der Waals surface area contributed by atoms with Gasteiger partial charge < -0.3 is 14.6 Å². The number of hydrogen-bond acceptors (Lipinski definition) is 7. The summed E-state index contributed by atoms with van der Waals surface area (Å²) in [5.74, 6) is -2.20. The number of benzene rings is 1. The molecule has 0 spiro atoms. The van der Waals surface area contributed by atoms with E-state index in [2.05, 4.69) is 4.74 Å². The minimum Gasteiger partial charge on any atom is -0.465 e. The molecule has 134 valence electrons. The molecule has 0 fully saturated rings. The summed E-state index contributed by atoms with van der Waals surface area (Å²) in [7, 11) is -4.15. The molecule has 0 aliphatic carbocycles. The van der Waals surface area contributed by atoms with Crippen LogP contribution in [0.4, 0.5) is 0 Å². The number of carbonyl (C=O) groups excluding carboxylic acids is 2. The Morgan fingerprint density at radius 3 is 2.08 bits per heavy atom. The summed E-state index contributed by atoms with van der Waals surface area (Å²) in [6.07, 6.45) is -2.02. The van der Waals surface area contributed by atoms with Crippen molar-refractivity contribution in [1.82, 2.24) is 4.72 Å². The number of aliphatic hydroxyl groups excluding tert-OH is 1. The van der Waals surface area contributed by atoms with E-state index in [4.69, 9.17) is 4.74 Å². The smallest absolute Gasteiger partial charge is 0.337 e. The van der Waals surface area contributed by atoms with E-state index in [0.29, 0.717) is 0 Å². The highest BCUT2D eigenvalue weighted by atomic mass is 32.2. The van der Waals surface area contributed by atoms with E-state index < -0.39 is 34.1 Å². The van der Waals surface area contributed by atoms with Gasteiger partial charge in [0, 0.05) is 0 Å². The summed E-state index contributed by atoms with van der Waals surface area (Å²) in [6.45, 7) is 4.74. The van der Waals surface area contributed by atoms with Crippen LogP contribution in [-0.2, 0) is 29.1 Å². The monoisotopic (exact) mass is 359 g/mol. The van der Waals surface area contributed by atoms with E-state index >= 15 is 0 Å². The zero-order valence-corrected chi connectivity index (χ0v) is 14.5. The topological polar surface area (TPSA) is 119 Å². The molecule has 24 heavy (non-hydrogen) atoms. The fourth-order valence-corrected chi connectivity index (χ4v) is 2.98. The minimum atomic E-state index is -4.15. The molecule has 0 amide bonds. The Kier molecular flexibility index (Phi) is 7.33. The Hall–Kier alpha value is -1.97.